The number of rotatable bonds is 7. The molecule has 2 saturated heterocycles. The fourth-order valence-electron chi connectivity index (χ4n) is 4.72. The van der Waals surface area contributed by atoms with Crippen molar-refractivity contribution in [1.29, 1.82) is 0 Å². The van der Waals surface area contributed by atoms with Crippen LogP contribution in [-0.4, -0.2) is 54.0 Å². The van der Waals surface area contributed by atoms with Crippen LogP contribution in [-0.2, 0) is 31.0 Å². The zero-order chi connectivity index (χ0) is 25.0. The van der Waals surface area contributed by atoms with E-state index in [0.29, 0.717) is 68.5 Å². The quantitative estimate of drug-likeness (QED) is 0.511. The first-order chi connectivity index (χ1) is 16.8. The monoisotopic (exact) mass is 481 g/mol. The lowest BCUT2D eigenvalue weighted by Crippen LogP contribution is -2.51. The fourth-order valence-corrected chi connectivity index (χ4v) is 4.72. The average molecular weight is 482 g/mol. The molecule has 2 aliphatic heterocycles. The SMILES string of the molecule is CCC1(c2ccc(NC(=O)CCc3c(C)nc(N4CCOCC4)[nH]c3=O)cc2)CCC(=O)NC1=O. The van der Waals surface area contributed by atoms with Gasteiger partial charge in [-0.3, -0.25) is 29.5 Å². The highest BCUT2D eigenvalue weighted by molar-refractivity contribution is 6.03. The normalized spacial score (nSPS) is 20.5. The van der Waals surface area contributed by atoms with E-state index >= 15 is 0 Å². The minimum atomic E-state index is -0.741. The van der Waals surface area contributed by atoms with E-state index in [1.54, 1.807) is 19.1 Å². The van der Waals surface area contributed by atoms with Crippen molar-refractivity contribution in [2.45, 2.75) is 51.4 Å². The lowest BCUT2D eigenvalue weighted by atomic mass is 9.72. The first-order valence-electron chi connectivity index (χ1n) is 12.0. The molecule has 2 aromatic rings. The number of H-pyrrole nitrogens is 1. The molecule has 3 N–H and O–H groups in total. The van der Waals surface area contributed by atoms with Gasteiger partial charge in [0.15, 0.2) is 0 Å². The molecule has 1 atom stereocenters. The van der Waals surface area contributed by atoms with Crippen LogP contribution in [0, 0.1) is 6.92 Å². The molecule has 4 rings (SSSR count). The summed E-state index contributed by atoms with van der Waals surface area (Å²) < 4.78 is 5.34. The molecule has 2 aliphatic rings. The Hall–Kier alpha value is -3.53. The molecule has 10 heteroatoms. The van der Waals surface area contributed by atoms with E-state index in [9.17, 15) is 19.2 Å². The number of aromatic amines is 1. The summed E-state index contributed by atoms with van der Waals surface area (Å²) in [4.78, 5) is 58.7. The van der Waals surface area contributed by atoms with Crippen molar-refractivity contribution >= 4 is 29.4 Å². The van der Waals surface area contributed by atoms with Crippen molar-refractivity contribution in [2.24, 2.45) is 0 Å². The Balaban J connectivity index is 1.37. The predicted octanol–water partition coefficient (Wildman–Crippen LogP) is 1.57. The van der Waals surface area contributed by atoms with Gasteiger partial charge in [-0.05, 0) is 43.9 Å². The second-order valence-corrected chi connectivity index (χ2v) is 8.99. The summed E-state index contributed by atoms with van der Waals surface area (Å²) >= 11 is 0. The highest BCUT2D eigenvalue weighted by Crippen LogP contribution is 2.36. The highest BCUT2D eigenvalue weighted by atomic mass is 16.5. The maximum atomic E-state index is 12.6. The molecule has 0 aliphatic carbocycles. The van der Waals surface area contributed by atoms with Crippen LogP contribution in [0.3, 0.4) is 0 Å². The Morgan fingerprint density at radius 1 is 1.17 bits per heavy atom. The van der Waals surface area contributed by atoms with Crippen molar-refractivity contribution in [3.63, 3.8) is 0 Å². The van der Waals surface area contributed by atoms with Crippen LogP contribution in [0.4, 0.5) is 11.6 Å². The molecule has 3 heterocycles. The zero-order valence-electron chi connectivity index (χ0n) is 20.1. The Morgan fingerprint density at radius 3 is 2.51 bits per heavy atom. The van der Waals surface area contributed by atoms with Crippen LogP contribution in [0.2, 0.25) is 0 Å². The number of hydrogen-bond donors (Lipinski definition) is 3. The topological polar surface area (TPSA) is 133 Å². The number of carbonyl (C=O) groups is 3. The van der Waals surface area contributed by atoms with Gasteiger partial charge in [-0.2, -0.15) is 0 Å². The second-order valence-electron chi connectivity index (χ2n) is 8.99. The largest absolute Gasteiger partial charge is 0.378 e. The van der Waals surface area contributed by atoms with E-state index in [1.807, 2.05) is 24.0 Å². The number of ether oxygens (including phenoxy) is 1. The maximum Gasteiger partial charge on any atom is 0.255 e. The van der Waals surface area contributed by atoms with Crippen molar-refractivity contribution in [3.05, 3.63) is 51.4 Å². The molecule has 186 valence electrons. The molecule has 1 aromatic heterocycles. The van der Waals surface area contributed by atoms with Gasteiger partial charge >= 0.3 is 0 Å². The summed E-state index contributed by atoms with van der Waals surface area (Å²) in [6.07, 6.45) is 1.75. The second kappa shape index (κ2) is 10.4. The highest BCUT2D eigenvalue weighted by Gasteiger charge is 2.42. The van der Waals surface area contributed by atoms with E-state index in [0.717, 1.165) is 5.56 Å². The molecule has 0 saturated carbocycles. The summed E-state index contributed by atoms with van der Waals surface area (Å²) in [5.74, 6) is -0.213. The van der Waals surface area contributed by atoms with E-state index in [4.69, 9.17) is 4.74 Å². The number of aromatic nitrogens is 2. The van der Waals surface area contributed by atoms with E-state index in [-0.39, 0.29) is 36.1 Å². The number of hydrogen-bond acceptors (Lipinski definition) is 7. The summed E-state index contributed by atoms with van der Waals surface area (Å²) in [5, 5.41) is 5.29. The number of benzene rings is 1. The summed E-state index contributed by atoms with van der Waals surface area (Å²) in [5.41, 5.74) is 1.55. The third kappa shape index (κ3) is 5.27. The number of amides is 3. The van der Waals surface area contributed by atoms with Crippen LogP contribution < -0.4 is 21.1 Å². The number of imide groups is 1. The van der Waals surface area contributed by atoms with Gasteiger partial charge in [-0.25, -0.2) is 4.98 Å². The van der Waals surface area contributed by atoms with E-state index in [2.05, 4.69) is 20.6 Å². The Morgan fingerprint density at radius 2 is 1.89 bits per heavy atom. The predicted molar refractivity (Wildman–Crippen MR) is 130 cm³/mol. The molecular formula is C25H31N5O5. The Kier molecular flexibility index (Phi) is 7.30. The smallest absolute Gasteiger partial charge is 0.255 e. The summed E-state index contributed by atoms with van der Waals surface area (Å²) in [6, 6.07) is 7.14. The fraction of sp³-hybridized carbons (Fsp3) is 0.480. The Labute approximate surface area is 203 Å². The first kappa shape index (κ1) is 24.6. The number of piperidine rings is 1. The van der Waals surface area contributed by atoms with Crippen LogP contribution in [0.5, 0.6) is 0 Å². The molecule has 0 radical (unpaired) electrons. The number of nitrogens with one attached hydrogen (secondary N) is 3. The lowest BCUT2D eigenvalue weighted by molar-refractivity contribution is -0.138. The zero-order valence-corrected chi connectivity index (χ0v) is 20.1. The number of anilines is 2. The van der Waals surface area contributed by atoms with Crippen LogP contribution in [0.25, 0.3) is 0 Å². The molecule has 2 fully saturated rings. The average Bonchev–Trinajstić information content (AvgIpc) is 2.85. The van der Waals surface area contributed by atoms with Crippen molar-refractivity contribution < 1.29 is 19.1 Å². The third-order valence-corrected chi connectivity index (χ3v) is 6.91. The molecular weight excluding hydrogens is 450 g/mol. The number of morpholine rings is 1. The minimum absolute atomic E-state index is 0.133. The van der Waals surface area contributed by atoms with Crippen molar-refractivity contribution in [3.8, 4) is 0 Å². The van der Waals surface area contributed by atoms with E-state index < -0.39 is 5.41 Å². The third-order valence-electron chi connectivity index (χ3n) is 6.91. The van der Waals surface area contributed by atoms with Gasteiger partial charge in [0.1, 0.15) is 0 Å². The van der Waals surface area contributed by atoms with Crippen LogP contribution in [0.15, 0.2) is 29.1 Å². The van der Waals surface area contributed by atoms with Crippen LogP contribution >= 0.6 is 0 Å². The van der Waals surface area contributed by atoms with Gasteiger partial charge in [0, 0.05) is 42.9 Å². The summed E-state index contributed by atoms with van der Waals surface area (Å²) in [6.45, 7) is 6.24. The van der Waals surface area contributed by atoms with Gasteiger partial charge in [-0.1, -0.05) is 19.1 Å². The molecule has 35 heavy (non-hydrogen) atoms. The van der Waals surface area contributed by atoms with Gasteiger partial charge < -0.3 is 15.0 Å². The van der Waals surface area contributed by atoms with Crippen LogP contribution in [0.1, 0.15) is 49.4 Å². The van der Waals surface area contributed by atoms with Crippen molar-refractivity contribution in [1.82, 2.24) is 15.3 Å². The standard InChI is InChI=1S/C25H31N5O5/c1-3-25(11-10-21(32)28-23(25)34)17-4-6-18(7-5-17)27-20(31)9-8-19-16(2)26-24(29-22(19)33)30-12-14-35-15-13-30/h4-7H,3,8-15H2,1-2H3,(H,27,31)(H,26,29,33)(H,28,32,34). The molecule has 3 amide bonds. The maximum absolute atomic E-state index is 12.6. The number of nitrogens with zero attached hydrogens (tertiary/aromatic N) is 2. The van der Waals surface area contributed by atoms with Gasteiger partial charge in [0.25, 0.3) is 5.56 Å². The number of aryl methyl sites for hydroxylation is 1. The summed E-state index contributed by atoms with van der Waals surface area (Å²) in [7, 11) is 0. The lowest BCUT2D eigenvalue weighted by Gasteiger charge is -2.35. The molecule has 0 bridgehead atoms. The van der Waals surface area contributed by atoms with E-state index in [1.165, 1.54) is 0 Å². The molecule has 0 spiro atoms. The molecule has 1 aromatic carbocycles. The molecule has 10 nitrogen and oxygen atoms in total. The number of carbonyl (C=O) groups excluding carboxylic acids is 3. The van der Waals surface area contributed by atoms with Crippen molar-refractivity contribution in [2.75, 3.05) is 36.5 Å². The first-order valence-corrected chi connectivity index (χ1v) is 12.0. The van der Waals surface area contributed by atoms with Gasteiger partial charge in [0.05, 0.1) is 18.6 Å². The Bertz CT molecular complexity index is 1170. The van der Waals surface area contributed by atoms with Gasteiger partial charge in [-0.15, -0.1) is 0 Å². The van der Waals surface area contributed by atoms with Gasteiger partial charge in [0.2, 0.25) is 23.7 Å². The molecule has 1 unspecified atom stereocenters. The minimum Gasteiger partial charge on any atom is -0.378 e.